The Labute approximate surface area is 167 Å². The van der Waals surface area contributed by atoms with E-state index < -0.39 is 0 Å². The van der Waals surface area contributed by atoms with Crippen molar-refractivity contribution in [1.29, 1.82) is 0 Å². The van der Waals surface area contributed by atoms with Gasteiger partial charge in [-0.25, -0.2) is 4.68 Å². The minimum absolute atomic E-state index is 0.122. The van der Waals surface area contributed by atoms with Gasteiger partial charge in [0, 0.05) is 23.5 Å². The molecule has 0 saturated carbocycles. The van der Waals surface area contributed by atoms with Crippen LogP contribution < -0.4 is 16.2 Å². The van der Waals surface area contributed by atoms with Crippen molar-refractivity contribution in [3.05, 3.63) is 89.2 Å². The van der Waals surface area contributed by atoms with Gasteiger partial charge in [-0.2, -0.15) is 0 Å². The highest BCUT2D eigenvalue weighted by Crippen LogP contribution is 2.18. The highest BCUT2D eigenvalue weighted by Gasteiger charge is 2.08. The summed E-state index contributed by atoms with van der Waals surface area (Å²) in [6.45, 7) is 0.163. The van der Waals surface area contributed by atoms with Crippen molar-refractivity contribution in [3.8, 4) is 0 Å². The van der Waals surface area contributed by atoms with Crippen molar-refractivity contribution in [2.45, 2.75) is 13.0 Å². The minimum Gasteiger partial charge on any atom is -0.356 e. The Morgan fingerprint density at radius 2 is 1.48 bits per heavy atom. The number of aryl methyl sites for hydroxylation is 1. The Bertz CT molecular complexity index is 1190. The quantitative estimate of drug-likeness (QED) is 0.530. The second-order valence-corrected chi connectivity index (χ2v) is 6.50. The molecule has 7 heteroatoms. The topological polar surface area (TPSA) is 88.9 Å². The first-order valence-electron chi connectivity index (χ1n) is 9.23. The van der Waals surface area contributed by atoms with Gasteiger partial charge in [0.25, 0.3) is 5.56 Å². The third-order valence-electron chi connectivity index (χ3n) is 4.41. The zero-order chi connectivity index (χ0) is 20.1. The molecule has 4 aromatic rings. The Morgan fingerprint density at radius 1 is 0.828 bits per heavy atom. The molecular formula is C22H19N5O2. The molecule has 1 heterocycles. The van der Waals surface area contributed by atoms with E-state index in [4.69, 9.17) is 0 Å². The molecule has 0 atom stereocenters. The first kappa shape index (κ1) is 18.4. The van der Waals surface area contributed by atoms with Crippen molar-refractivity contribution in [1.82, 2.24) is 15.0 Å². The maximum atomic E-state index is 12.4. The summed E-state index contributed by atoms with van der Waals surface area (Å²) in [5.41, 5.74) is 2.89. The first-order chi connectivity index (χ1) is 14.2. The van der Waals surface area contributed by atoms with Gasteiger partial charge < -0.3 is 10.6 Å². The second kappa shape index (κ2) is 8.35. The van der Waals surface area contributed by atoms with E-state index in [0.717, 1.165) is 11.4 Å². The SMILES string of the molecule is O=C(CCn1nnc2ccccc2c1=O)Nc1ccc(Nc2ccccc2)cc1. The van der Waals surface area contributed by atoms with Crippen molar-refractivity contribution in [2.75, 3.05) is 10.6 Å². The molecular weight excluding hydrogens is 366 g/mol. The summed E-state index contributed by atoms with van der Waals surface area (Å²) in [6, 6.07) is 24.3. The number of para-hydroxylation sites is 1. The van der Waals surface area contributed by atoms with Gasteiger partial charge in [-0.1, -0.05) is 35.5 Å². The van der Waals surface area contributed by atoms with Crippen molar-refractivity contribution >= 4 is 33.9 Å². The number of benzene rings is 3. The molecule has 0 radical (unpaired) electrons. The lowest BCUT2D eigenvalue weighted by molar-refractivity contribution is -0.116. The van der Waals surface area contributed by atoms with Gasteiger partial charge in [-0.05, 0) is 48.5 Å². The maximum absolute atomic E-state index is 12.4. The summed E-state index contributed by atoms with van der Waals surface area (Å²) in [7, 11) is 0. The van der Waals surface area contributed by atoms with Crippen LogP contribution in [-0.4, -0.2) is 20.9 Å². The molecule has 0 aliphatic rings. The van der Waals surface area contributed by atoms with Crippen molar-refractivity contribution < 1.29 is 4.79 Å². The fraction of sp³-hybridized carbons (Fsp3) is 0.0909. The molecule has 7 nitrogen and oxygen atoms in total. The molecule has 0 fully saturated rings. The molecule has 0 aliphatic heterocycles. The van der Waals surface area contributed by atoms with Crippen molar-refractivity contribution in [3.63, 3.8) is 0 Å². The van der Waals surface area contributed by atoms with Crippen LogP contribution in [0.2, 0.25) is 0 Å². The average molecular weight is 385 g/mol. The van der Waals surface area contributed by atoms with Crippen LogP contribution in [0.15, 0.2) is 83.7 Å². The van der Waals surface area contributed by atoms with Gasteiger partial charge >= 0.3 is 0 Å². The van der Waals surface area contributed by atoms with Crippen LogP contribution in [0.4, 0.5) is 17.1 Å². The third kappa shape index (κ3) is 4.47. The van der Waals surface area contributed by atoms with Crippen LogP contribution in [0.25, 0.3) is 10.9 Å². The van der Waals surface area contributed by atoms with Gasteiger partial charge in [0.2, 0.25) is 5.91 Å². The van der Waals surface area contributed by atoms with Crippen LogP contribution >= 0.6 is 0 Å². The number of rotatable bonds is 6. The lowest BCUT2D eigenvalue weighted by atomic mass is 10.2. The highest BCUT2D eigenvalue weighted by atomic mass is 16.2. The van der Waals surface area contributed by atoms with E-state index in [-0.39, 0.29) is 24.4 Å². The largest absolute Gasteiger partial charge is 0.356 e. The molecule has 1 aromatic heterocycles. The van der Waals surface area contributed by atoms with Gasteiger partial charge in [0.15, 0.2) is 0 Å². The summed E-state index contributed by atoms with van der Waals surface area (Å²) in [5.74, 6) is -0.198. The predicted octanol–water partition coefficient (Wildman–Crippen LogP) is 3.56. The molecule has 4 rings (SSSR count). The fourth-order valence-electron chi connectivity index (χ4n) is 2.93. The van der Waals surface area contributed by atoms with Gasteiger partial charge in [0.1, 0.15) is 5.52 Å². The molecule has 0 aliphatic carbocycles. The predicted molar refractivity (Wildman–Crippen MR) is 113 cm³/mol. The van der Waals surface area contributed by atoms with Crippen LogP contribution in [0.3, 0.4) is 0 Å². The molecule has 0 unspecified atom stereocenters. The Kier molecular flexibility index (Phi) is 5.29. The van der Waals surface area contributed by atoms with Crippen LogP contribution in [0, 0.1) is 0 Å². The summed E-state index contributed by atoms with van der Waals surface area (Å²) >= 11 is 0. The van der Waals surface area contributed by atoms with E-state index >= 15 is 0 Å². The molecule has 2 N–H and O–H groups in total. The molecule has 144 valence electrons. The molecule has 3 aromatic carbocycles. The summed E-state index contributed by atoms with van der Waals surface area (Å²) in [4.78, 5) is 24.7. The lowest BCUT2D eigenvalue weighted by Crippen LogP contribution is -2.26. The fourth-order valence-corrected chi connectivity index (χ4v) is 2.93. The number of fused-ring (bicyclic) bond motifs is 1. The lowest BCUT2D eigenvalue weighted by Gasteiger charge is -2.09. The van der Waals surface area contributed by atoms with E-state index in [0.29, 0.717) is 16.6 Å². The Morgan fingerprint density at radius 3 is 2.28 bits per heavy atom. The van der Waals surface area contributed by atoms with Crippen LogP contribution in [-0.2, 0) is 11.3 Å². The summed E-state index contributed by atoms with van der Waals surface area (Å²) in [6.07, 6.45) is 0.122. The number of carbonyl (C=O) groups excluding carboxylic acids is 1. The van der Waals surface area contributed by atoms with E-state index in [1.807, 2.05) is 54.6 Å². The number of amides is 1. The zero-order valence-corrected chi connectivity index (χ0v) is 15.6. The first-order valence-corrected chi connectivity index (χ1v) is 9.23. The third-order valence-corrected chi connectivity index (χ3v) is 4.41. The molecule has 0 spiro atoms. The van der Waals surface area contributed by atoms with E-state index in [9.17, 15) is 9.59 Å². The van der Waals surface area contributed by atoms with Gasteiger partial charge in [-0.15, -0.1) is 5.10 Å². The molecule has 1 amide bonds. The number of carbonyl (C=O) groups is 1. The number of nitrogens with one attached hydrogen (secondary N) is 2. The van der Waals surface area contributed by atoms with Gasteiger partial charge in [-0.3, -0.25) is 9.59 Å². The minimum atomic E-state index is -0.250. The van der Waals surface area contributed by atoms with E-state index in [1.54, 1.807) is 24.3 Å². The summed E-state index contributed by atoms with van der Waals surface area (Å²) in [5, 5.41) is 14.5. The molecule has 0 bridgehead atoms. The number of aromatic nitrogens is 3. The number of anilines is 3. The maximum Gasteiger partial charge on any atom is 0.277 e. The number of nitrogens with zero attached hydrogens (tertiary/aromatic N) is 3. The normalized spacial score (nSPS) is 10.6. The zero-order valence-electron chi connectivity index (χ0n) is 15.6. The summed E-state index contributed by atoms with van der Waals surface area (Å²) < 4.78 is 1.22. The van der Waals surface area contributed by atoms with Crippen LogP contribution in [0.1, 0.15) is 6.42 Å². The number of hydrogen-bond donors (Lipinski definition) is 2. The molecule has 29 heavy (non-hydrogen) atoms. The monoisotopic (exact) mass is 385 g/mol. The van der Waals surface area contributed by atoms with Crippen molar-refractivity contribution in [2.24, 2.45) is 0 Å². The van der Waals surface area contributed by atoms with Gasteiger partial charge in [0.05, 0.1) is 11.9 Å². The molecule has 0 saturated heterocycles. The smallest absolute Gasteiger partial charge is 0.277 e. The Hall–Kier alpha value is -4.00. The van der Waals surface area contributed by atoms with E-state index in [1.165, 1.54) is 4.68 Å². The Balaban J connectivity index is 1.35. The number of hydrogen-bond acceptors (Lipinski definition) is 5. The standard InChI is InChI=1S/C22H19N5O2/c28-21(14-15-27-22(29)19-8-4-5-9-20(19)25-26-27)24-18-12-10-17(11-13-18)23-16-6-2-1-3-7-16/h1-13,23H,14-15H2,(H,24,28). The average Bonchev–Trinajstić information content (AvgIpc) is 2.76. The van der Waals surface area contributed by atoms with E-state index in [2.05, 4.69) is 20.9 Å². The second-order valence-electron chi connectivity index (χ2n) is 6.50. The highest BCUT2D eigenvalue weighted by molar-refractivity contribution is 5.90. The van der Waals surface area contributed by atoms with Crippen LogP contribution in [0.5, 0.6) is 0 Å².